The number of aromatic nitrogens is 2. The van der Waals surface area contributed by atoms with Gasteiger partial charge in [0, 0.05) is 48.2 Å². The van der Waals surface area contributed by atoms with Crippen LogP contribution in [0.25, 0.3) is 32.8 Å². The number of carboxylic acids is 2. The zero-order valence-corrected chi connectivity index (χ0v) is 32.6. The van der Waals surface area contributed by atoms with Crippen LogP contribution in [0.3, 0.4) is 0 Å². The molecule has 0 radical (unpaired) electrons. The second-order valence-corrected chi connectivity index (χ2v) is 14.5. The van der Waals surface area contributed by atoms with Crippen molar-refractivity contribution >= 4 is 39.4 Å². The van der Waals surface area contributed by atoms with E-state index in [2.05, 4.69) is 22.2 Å². The first-order valence-electron chi connectivity index (χ1n) is 18.8. The van der Waals surface area contributed by atoms with Gasteiger partial charge < -0.3 is 44.6 Å². The molecule has 20 heteroatoms. The van der Waals surface area contributed by atoms with Crippen molar-refractivity contribution in [1.82, 2.24) is 20.2 Å². The number of nitrogens with zero attached hydrogens (tertiary/aromatic N) is 4. The Morgan fingerprint density at radius 1 is 0.836 bits per heavy atom. The predicted octanol–water partition coefficient (Wildman–Crippen LogP) is 7.78. The summed E-state index contributed by atoms with van der Waals surface area (Å²) in [4.78, 5) is 32.4. The summed E-state index contributed by atoms with van der Waals surface area (Å²) in [7, 11) is 3.66. The maximum absolute atomic E-state index is 15.2. The highest BCUT2D eigenvalue weighted by Gasteiger charge is 2.39. The number of phenols is 1. The van der Waals surface area contributed by atoms with Crippen molar-refractivity contribution in [3.05, 3.63) is 72.5 Å². The maximum Gasteiger partial charge on any atom is 0.490 e. The van der Waals surface area contributed by atoms with Crippen LogP contribution < -0.4 is 24.4 Å². The predicted molar refractivity (Wildman–Crippen MR) is 208 cm³/mol. The van der Waals surface area contributed by atoms with E-state index in [1.54, 1.807) is 18.2 Å². The summed E-state index contributed by atoms with van der Waals surface area (Å²) in [5.41, 5.74) is 2.06. The van der Waals surface area contributed by atoms with E-state index >= 15 is 4.39 Å². The lowest BCUT2D eigenvalue weighted by molar-refractivity contribution is -0.193. The third-order valence-electron chi connectivity index (χ3n) is 10.3. The van der Waals surface area contributed by atoms with E-state index in [1.807, 2.05) is 36.4 Å². The van der Waals surface area contributed by atoms with Crippen LogP contribution in [0.15, 0.2) is 66.7 Å². The molecule has 5 aromatic rings. The molecule has 8 rings (SSSR count). The average molecular weight is 864 g/mol. The van der Waals surface area contributed by atoms with Gasteiger partial charge in [-0.25, -0.2) is 14.0 Å². The molecule has 4 heterocycles. The Bertz CT molecular complexity index is 2360. The summed E-state index contributed by atoms with van der Waals surface area (Å²) in [6, 6.07) is 21.0. The number of carboxylic acid groups (broad SMARTS) is 2. The van der Waals surface area contributed by atoms with Gasteiger partial charge in [-0.05, 0) is 92.0 Å². The molecule has 326 valence electrons. The maximum atomic E-state index is 15.2. The van der Waals surface area contributed by atoms with Gasteiger partial charge >= 0.3 is 30.3 Å². The zero-order valence-electron chi connectivity index (χ0n) is 32.6. The Labute approximate surface area is 343 Å². The van der Waals surface area contributed by atoms with Gasteiger partial charge in [-0.2, -0.15) is 36.3 Å². The molecular formula is C41H40F7N5O8. The minimum atomic E-state index is -5.08. The lowest BCUT2D eigenvalue weighted by atomic mass is 9.96. The molecule has 0 spiro atoms. The van der Waals surface area contributed by atoms with Crippen molar-refractivity contribution in [3.8, 4) is 40.1 Å². The number of fused-ring (bicyclic) bond motifs is 4. The molecule has 3 aliphatic heterocycles. The largest absolute Gasteiger partial charge is 0.508 e. The molecule has 0 saturated carbocycles. The van der Waals surface area contributed by atoms with E-state index in [0.29, 0.717) is 53.3 Å². The lowest BCUT2D eigenvalue weighted by Crippen LogP contribution is -2.51. The van der Waals surface area contributed by atoms with E-state index in [4.69, 9.17) is 44.0 Å². The highest BCUT2D eigenvalue weighted by Crippen LogP contribution is 2.44. The average Bonchev–Trinajstić information content (AvgIpc) is 3.78. The number of methoxy groups -OCH3 is 1. The van der Waals surface area contributed by atoms with Crippen LogP contribution in [0.1, 0.15) is 25.7 Å². The minimum Gasteiger partial charge on any atom is -0.508 e. The Kier molecular flexibility index (Phi) is 13.3. The topological polar surface area (TPSA) is 167 Å². The quantitative estimate of drug-likeness (QED) is 0.112. The van der Waals surface area contributed by atoms with E-state index in [-0.39, 0.29) is 11.5 Å². The number of alkyl halides is 6. The molecule has 13 nitrogen and oxygen atoms in total. The molecule has 4 aromatic carbocycles. The van der Waals surface area contributed by atoms with Gasteiger partial charge in [0.05, 0.1) is 12.6 Å². The number of hydrogen-bond donors (Lipinski definition) is 4. The van der Waals surface area contributed by atoms with Gasteiger partial charge in [0.2, 0.25) is 0 Å². The van der Waals surface area contributed by atoms with E-state index < -0.39 is 30.1 Å². The molecule has 4 N–H and O–H groups in total. The van der Waals surface area contributed by atoms with Crippen LogP contribution in [-0.2, 0) is 9.59 Å². The monoisotopic (exact) mass is 863 g/mol. The van der Waals surface area contributed by atoms with Crippen molar-refractivity contribution in [3.63, 3.8) is 0 Å². The number of carbonyl (C=O) groups is 2. The molecular weight excluding hydrogens is 823 g/mol. The number of aliphatic carboxylic acids is 2. The number of likely N-dealkylation sites (N-methyl/N-ethyl adjacent to an activating group) is 1. The molecule has 0 unspecified atom stereocenters. The fourth-order valence-corrected chi connectivity index (χ4v) is 7.37. The van der Waals surface area contributed by atoms with Crippen LogP contribution in [0.4, 0.5) is 36.6 Å². The van der Waals surface area contributed by atoms with E-state index in [0.717, 1.165) is 72.9 Å². The number of phenolic OH excluding ortho intramolecular Hbond substituents is 1. The van der Waals surface area contributed by atoms with Gasteiger partial charge in [-0.3, -0.25) is 0 Å². The van der Waals surface area contributed by atoms with Crippen molar-refractivity contribution in [2.45, 2.75) is 56.2 Å². The van der Waals surface area contributed by atoms with Crippen LogP contribution in [0.5, 0.6) is 29.0 Å². The summed E-state index contributed by atoms with van der Waals surface area (Å²) >= 11 is 0. The normalized spacial score (nSPS) is 18.8. The van der Waals surface area contributed by atoms with Crippen molar-refractivity contribution in [1.29, 1.82) is 0 Å². The number of rotatable bonds is 8. The number of benzene rings is 4. The standard InChI is InChI=1S/C37H38FN5O4.2C2HF3O2/c1-42-13-5-7-25(42)21-46-37-40-33-17-30(29-15-26(44)14-22-6-3-4-8-28(22)29)34(47-35-16-27(45-2)11-12-32(35)38)18-31(33)36(41-37)43-19-23-9-10-24(20-43)39-23;2*3-2(4,5)1(6)7/h3-4,6,8,11-12,14-18,23-25,39,44H,5,7,9-10,13,19-21H2,1-2H3;2*(H,6,7)/t23-,24+,25-;;/m0../s1. The molecule has 3 fully saturated rings. The fraction of sp³-hybridized carbons (Fsp3) is 0.366. The molecule has 3 saturated heterocycles. The highest BCUT2D eigenvalue weighted by molar-refractivity contribution is 6.03. The molecule has 61 heavy (non-hydrogen) atoms. The number of aromatic hydroxyl groups is 1. The first-order chi connectivity index (χ1) is 28.8. The summed E-state index contributed by atoms with van der Waals surface area (Å²) in [6.45, 7) is 3.19. The third-order valence-corrected chi connectivity index (χ3v) is 10.3. The number of hydrogen-bond acceptors (Lipinski definition) is 11. The Hall–Kier alpha value is -6.15. The molecule has 2 bridgehead atoms. The van der Waals surface area contributed by atoms with Gasteiger partial charge in [0.1, 0.15) is 29.7 Å². The number of likely N-dealkylation sites (tertiary alicyclic amines) is 1. The van der Waals surface area contributed by atoms with E-state index in [1.165, 1.54) is 19.2 Å². The SMILES string of the molecule is COc1ccc(F)c(Oc2cc3c(N4C[C@H]5CC[C@@H](C4)N5)nc(OC[C@@H]4CCCN4C)nc3cc2-c2cc(O)cc3ccccc23)c1.O=C(O)C(F)(F)F.O=C(O)C(F)(F)F. The summed E-state index contributed by atoms with van der Waals surface area (Å²) in [5, 5.41) is 31.3. The Balaban J connectivity index is 0.000000385. The van der Waals surface area contributed by atoms with Gasteiger partial charge in [0.25, 0.3) is 0 Å². The number of piperazine rings is 1. The van der Waals surface area contributed by atoms with E-state index in [9.17, 15) is 31.4 Å². The van der Waals surface area contributed by atoms with Gasteiger partial charge in [-0.15, -0.1) is 0 Å². The second-order valence-electron chi connectivity index (χ2n) is 14.5. The second kappa shape index (κ2) is 18.2. The summed E-state index contributed by atoms with van der Waals surface area (Å²) in [6.07, 6.45) is -5.69. The van der Waals surface area contributed by atoms with Crippen molar-refractivity contribution < 1.29 is 69.9 Å². The molecule has 0 aliphatic carbocycles. The minimum absolute atomic E-state index is 0.0257. The van der Waals surface area contributed by atoms with Gasteiger partial charge in [0.15, 0.2) is 11.6 Å². The Morgan fingerprint density at radius 3 is 2.10 bits per heavy atom. The highest BCUT2D eigenvalue weighted by atomic mass is 19.4. The summed E-state index contributed by atoms with van der Waals surface area (Å²) in [5.74, 6) is -4.24. The van der Waals surface area contributed by atoms with Gasteiger partial charge in [-0.1, -0.05) is 24.3 Å². The zero-order chi connectivity index (χ0) is 44.2. The summed E-state index contributed by atoms with van der Waals surface area (Å²) < 4.78 is 96.8. The van der Waals surface area contributed by atoms with Crippen molar-refractivity contribution in [2.24, 2.45) is 0 Å². The molecule has 3 atom stereocenters. The molecule has 1 aromatic heterocycles. The number of ether oxygens (including phenoxy) is 3. The number of halogens is 7. The first kappa shape index (κ1) is 44.4. The first-order valence-corrected chi connectivity index (χ1v) is 18.8. The molecule has 0 amide bonds. The third kappa shape index (κ3) is 10.8. The fourth-order valence-electron chi connectivity index (χ4n) is 7.37. The van der Waals surface area contributed by atoms with Crippen LogP contribution >= 0.6 is 0 Å². The number of anilines is 1. The van der Waals surface area contributed by atoms with Crippen molar-refractivity contribution in [2.75, 3.05) is 45.3 Å². The number of nitrogens with one attached hydrogen (secondary N) is 1. The van der Waals surface area contributed by atoms with Crippen LogP contribution in [0, 0.1) is 5.82 Å². The molecule has 3 aliphatic rings. The van der Waals surface area contributed by atoms with Crippen LogP contribution in [-0.4, -0.2) is 113 Å². The van der Waals surface area contributed by atoms with Crippen LogP contribution in [0.2, 0.25) is 0 Å². The lowest BCUT2D eigenvalue weighted by Gasteiger charge is -2.34. The smallest absolute Gasteiger partial charge is 0.490 e. The Morgan fingerprint density at radius 2 is 1.49 bits per heavy atom.